The molecule has 2 heterocycles. The molecule has 1 aromatic rings. The van der Waals surface area contributed by atoms with Crippen LogP contribution in [-0.2, 0) is 14.3 Å². The van der Waals surface area contributed by atoms with Crippen LogP contribution in [0, 0.1) is 0 Å². The molecule has 0 bridgehead atoms. The molecule has 2 aliphatic rings. The first kappa shape index (κ1) is 14.2. The van der Waals surface area contributed by atoms with E-state index in [1.54, 1.807) is 23.1 Å². The van der Waals surface area contributed by atoms with Gasteiger partial charge in [-0.3, -0.25) is 9.59 Å². The van der Waals surface area contributed by atoms with Crippen molar-refractivity contribution in [2.45, 2.75) is 12.5 Å². The fraction of sp³-hybridized carbons (Fsp3) is 0.429. The van der Waals surface area contributed by atoms with E-state index in [-0.39, 0.29) is 5.91 Å². The van der Waals surface area contributed by atoms with Crippen LogP contribution in [0.4, 0.5) is 5.69 Å². The van der Waals surface area contributed by atoms with Crippen LogP contribution in [0.3, 0.4) is 0 Å². The molecule has 0 radical (unpaired) electrons. The van der Waals surface area contributed by atoms with Crippen molar-refractivity contribution in [3.05, 3.63) is 23.2 Å². The molecule has 0 unspecified atom stereocenters. The van der Waals surface area contributed by atoms with Gasteiger partial charge >= 0.3 is 0 Å². The fourth-order valence-corrected chi connectivity index (χ4v) is 2.58. The number of benzene rings is 1. The number of nitrogens with zero attached hydrogens (tertiary/aromatic N) is 1. The molecule has 112 valence electrons. The summed E-state index contributed by atoms with van der Waals surface area (Å²) in [6.07, 6.45) is 0. The van der Waals surface area contributed by atoms with Gasteiger partial charge < -0.3 is 19.7 Å². The number of halogens is 1. The van der Waals surface area contributed by atoms with Crippen LogP contribution in [0.25, 0.3) is 0 Å². The Bertz CT molecular complexity index is 601. The number of carbonyl (C=O) groups excluding carboxylic acids is 2. The molecule has 0 aliphatic carbocycles. The standard InChI is InChI=1S/C14H15ClN2O4/c1-14(13(19)17-4-6-20-7-5-17)12(18)16-10-8-9(15)2-3-11(10)21-14/h2-3,8H,4-7H2,1H3,(H,16,18)/t14-/m0/s1. The normalized spacial score (nSPS) is 24.9. The van der Waals surface area contributed by atoms with E-state index in [0.29, 0.717) is 42.8 Å². The van der Waals surface area contributed by atoms with Crippen LogP contribution in [0.1, 0.15) is 6.92 Å². The maximum absolute atomic E-state index is 12.6. The van der Waals surface area contributed by atoms with Crippen LogP contribution in [-0.4, -0.2) is 48.6 Å². The smallest absolute Gasteiger partial charge is 0.278 e. The number of rotatable bonds is 1. The zero-order chi connectivity index (χ0) is 15.0. The molecular weight excluding hydrogens is 296 g/mol. The third-order valence-corrected chi connectivity index (χ3v) is 3.88. The Morgan fingerprint density at radius 3 is 2.81 bits per heavy atom. The first-order valence-corrected chi connectivity index (χ1v) is 7.05. The zero-order valence-electron chi connectivity index (χ0n) is 11.5. The number of fused-ring (bicyclic) bond motifs is 1. The largest absolute Gasteiger partial charge is 0.466 e. The second-order valence-corrected chi connectivity index (χ2v) is 5.57. The number of nitrogens with one attached hydrogen (secondary N) is 1. The minimum atomic E-state index is -1.57. The van der Waals surface area contributed by atoms with Gasteiger partial charge in [-0.2, -0.15) is 0 Å². The summed E-state index contributed by atoms with van der Waals surface area (Å²) in [6, 6.07) is 4.88. The Balaban J connectivity index is 1.88. The van der Waals surface area contributed by atoms with E-state index >= 15 is 0 Å². The lowest BCUT2D eigenvalue weighted by Gasteiger charge is -2.38. The van der Waals surface area contributed by atoms with Gasteiger partial charge in [-0.1, -0.05) is 11.6 Å². The summed E-state index contributed by atoms with van der Waals surface area (Å²) in [5.41, 5.74) is -1.10. The van der Waals surface area contributed by atoms with Gasteiger partial charge in [0.2, 0.25) is 0 Å². The van der Waals surface area contributed by atoms with Crippen LogP contribution < -0.4 is 10.1 Å². The number of ether oxygens (including phenoxy) is 2. The predicted octanol–water partition coefficient (Wildman–Crippen LogP) is 1.29. The summed E-state index contributed by atoms with van der Waals surface area (Å²) in [7, 11) is 0. The highest BCUT2D eigenvalue weighted by Crippen LogP contribution is 2.36. The molecule has 2 amide bonds. The lowest BCUT2D eigenvalue weighted by Crippen LogP contribution is -2.61. The zero-order valence-corrected chi connectivity index (χ0v) is 12.3. The maximum Gasteiger partial charge on any atom is 0.278 e. The molecule has 6 nitrogen and oxygen atoms in total. The summed E-state index contributed by atoms with van der Waals surface area (Å²) in [5.74, 6) is -0.416. The van der Waals surface area contributed by atoms with Crippen LogP contribution >= 0.6 is 11.6 Å². The van der Waals surface area contributed by atoms with Gasteiger partial charge in [0.25, 0.3) is 17.4 Å². The fourth-order valence-electron chi connectivity index (χ4n) is 2.41. The number of carbonyl (C=O) groups is 2. The number of hydrogen-bond acceptors (Lipinski definition) is 4. The quantitative estimate of drug-likeness (QED) is 0.794. The van der Waals surface area contributed by atoms with Gasteiger partial charge in [-0.25, -0.2) is 0 Å². The molecule has 0 spiro atoms. The van der Waals surface area contributed by atoms with E-state index in [1.807, 2.05) is 0 Å². The Hall–Kier alpha value is -1.79. The lowest BCUT2D eigenvalue weighted by atomic mass is 10.0. The molecule has 1 saturated heterocycles. The van der Waals surface area contributed by atoms with Crippen LogP contribution in [0.15, 0.2) is 18.2 Å². The molecule has 2 aliphatic heterocycles. The number of anilines is 1. The predicted molar refractivity (Wildman–Crippen MR) is 76.5 cm³/mol. The maximum atomic E-state index is 12.6. The third-order valence-electron chi connectivity index (χ3n) is 3.64. The molecule has 21 heavy (non-hydrogen) atoms. The molecule has 3 rings (SSSR count). The van der Waals surface area contributed by atoms with Gasteiger partial charge in [0.1, 0.15) is 5.75 Å². The van der Waals surface area contributed by atoms with Crippen molar-refractivity contribution < 1.29 is 19.1 Å². The van der Waals surface area contributed by atoms with Crippen molar-refractivity contribution in [1.29, 1.82) is 0 Å². The van der Waals surface area contributed by atoms with Crippen molar-refractivity contribution >= 4 is 29.1 Å². The first-order chi connectivity index (χ1) is 10.0. The van der Waals surface area contributed by atoms with Gasteiger partial charge in [-0.15, -0.1) is 0 Å². The highest BCUT2D eigenvalue weighted by molar-refractivity contribution is 6.31. The minimum Gasteiger partial charge on any atom is -0.466 e. The highest BCUT2D eigenvalue weighted by atomic mass is 35.5. The van der Waals surface area contributed by atoms with Crippen molar-refractivity contribution in [2.75, 3.05) is 31.6 Å². The summed E-state index contributed by atoms with van der Waals surface area (Å²) >= 11 is 5.88. The molecule has 1 N–H and O–H groups in total. The second-order valence-electron chi connectivity index (χ2n) is 5.13. The number of morpholine rings is 1. The lowest BCUT2D eigenvalue weighted by molar-refractivity contribution is -0.157. The summed E-state index contributed by atoms with van der Waals surface area (Å²) in [4.78, 5) is 26.5. The summed E-state index contributed by atoms with van der Waals surface area (Å²) in [6.45, 7) is 3.33. The van der Waals surface area contributed by atoms with E-state index < -0.39 is 11.5 Å². The molecular formula is C14H15ClN2O4. The SMILES string of the molecule is C[C@]1(C(=O)N2CCOCC2)Oc2ccc(Cl)cc2NC1=O. The average Bonchev–Trinajstić information content (AvgIpc) is 2.49. The van der Waals surface area contributed by atoms with Crippen molar-refractivity contribution in [3.63, 3.8) is 0 Å². The van der Waals surface area contributed by atoms with E-state index in [0.717, 1.165) is 0 Å². The second kappa shape index (κ2) is 5.20. The topological polar surface area (TPSA) is 67.9 Å². The van der Waals surface area contributed by atoms with E-state index in [9.17, 15) is 9.59 Å². The van der Waals surface area contributed by atoms with Gasteiger partial charge in [-0.05, 0) is 25.1 Å². The molecule has 1 atom stereocenters. The van der Waals surface area contributed by atoms with Crippen molar-refractivity contribution in [3.8, 4) is 5.75 Å². The summed E-state index contributed by atoms with van der Waals surface area (Å²) in [5, 5.41) is 3.17. The van der Waals surface area contributed by atoms with Gasteiger partial charge in [0.05, 0.1) is 18.9 Å². The number of hydrogen-bond donors (Lipinski definition) is 1. The van der Waals surface area contributed by atoms with Crippen LogP contribution in [0.5, 0.6) is 5.75 Å². The highest BCUT2D eigenvalue weighted by Gasteiger charge is 2.49. The average molecular weight is 311 g/mol. The van der Waals surface area contributed by atoms with E-state index in [2.05, 4.69) is 5.32 Å². The summed E-state index contributed by atoms with van der Waals surface area (Å²) < 4.78 is 10.9. The number of amides is 2. The van der Waals surface area contributed by atoms with Crippen molar-refractivity contribution in [1.82, 2.24) is 4.90 Å². The first-order valence-electron chi connectivity index (χ1n) is 6.68. The Morgan fingerprint density at radius 1 is 1.38 bits per heavy atom. The Morgan fingerprint density at radius 2 is 2.10 bits per heavy atom. The third kappa shape index (κ3) is 2.45. The molecule has 0 aromatic heterocycles. The molecule has 0 saturated carbocycles. The van der Waals surface area contributed by atoms with Gasteiger partial charge in [0, 0.05) is 18.1 Å². The molecule has 7 heteroatoms. The molecule has 1 aromatic carbocycles. The van der Waals surface area contributed by atoms with E-state index in [4.69, 9.17) is 21.1 Å². The molecule has 1 fully saturated rings. The van der Waals surface area contributed by atoms with E-state index in [1.165, 1.54) is 6.92 Å². The Kier molecular flexibility index (Phi) is 3.51. The van der Waals surface area contributed by atoms with Crippen molar-refractivity contribution in [2.24, 2.45) is 0 Å². The van der Waals surface area contributed by atoms with Crippen LogP contribution in [0.2, 0.25) is 5.02 Å². The Labute approximate surface area is 127 Å². The minimum absolute atomic E-state index is 0.357. The monoisotopic (exact) mass is 310 g/mol. The van der Waals surface area contributed by atoms with Gasteiger partial charge in [0.15, 0.2) is 0 Å².